The third-order valence-corrected chi connectivity index (χ3v) is 4.54. The maximum Gasteiger partial charge on any atom is 0.255 e. The Labute approximate surface area is 163 Å². The van der Waals surface area contributed by atoms with E-state index in [-0.39, 0.29) is 5.91 Å². The molecule has 0 spiro atoms. The van der Waals surface area contributed by atoms with Crippen molar-refractivity contribution in [3.63, 3.8) is 0 Å². The van der Waals surface area contributed by atoms with Crippen LogP contribution in [0.25, 0.3) is 0 Å². The Hall–Kier alpha value is -3.06. The Morgan fingerprint density at radius 2 is 1.67 bits per heavy atom. The average Bonchev–Trinajstić information content (AvgIpc) is 2.67. The van der Waals surface area contributed by atoms with Gasteiger partial charge in [0.15, 0.2) is 5.11 Å². The number of thiocarbonyl (C=S) groups is 1. The van der Waals surface area contributed by atoms with Crippen molar-refractivity contribution in [3.05, 3.63) is 65.4 Å². The van der Waals surface area contributed by atoms with E-state index in [4.69, 9.17) is 21.7 Å². The highest BCUT2D eigenvalue weighted by Crippen LogP contribution is 2.34. The first-order chi connectivity index (χ1) is 13.0. The van der Waals surface area contributed by atoms with Crippen molar-refractivity contribution in [2.45, 2.75) is 13.0 Å². The zero-order valence-corrected chi connectivity index (χ0v) is 16.1. The van der Waals surface area contributed by atoms with Crippen LogP contribution < -0.4 is 25.4 Å². The molecule has 0 bridgehead atoms. The van der Waals surface area contributed by atoms with Crippen LogP contribution in [0.15, 0.2) is 59.8 Å². The molecule has 0 fully saturated rings. The van der Waals surface area contributed by atoms with Crippen LogP contribution in [0.1, 0.15) is 18.5 Å². The van der Waals surface area contributed by atoms with Gasteiger partial charge < -0.3 is 25.4 Å². The van der Waals surface area contributed by atoms with Crippen LogP contribution >= 0.6 is 12.2 Å². The van der Waals surface area contributed by atoms with Crippen molar-refractivity contribution in [3.8, 4) is 11.5 Å². The van der Waals surface area contributed by atoms with E-state index in [0.717, 1.165) is 5.56 Å². The molecule has 0 unspecified atom stereocenters. The topological polar surface area (TPSA) is 71.6 Å². The number of hydrogen-bond acceptors (Lipinski definition) is 4. The third kappa shape index (κ3) is 3.88. The van der Waals surface area contributed by atoms with Gasteiger partial charge in [-0.2, -0.15) is 0 Å². The molecule has 1 atom stereocenters. The molecular formula is C20H21N3O3S. The first kappa shape index (κ1) is 18.7. The smallest absolute Gasteiger partial charge is 0.255 e. The highest BCUT2D eigenvalue weighted by atomic mass is 32.1. The summed E-state index contributed by atoms with van der Waals surface area (Å²) < 4.78 is 10.8. The molecule has 0 aliphatic carbocycles. The second-order valence-electron chi connectivity index (χ2n) is 5.97. The van der Waals surface area contributed by atoms with Gasteiger partial charge in [0.1, 0.15) is 11.5 Å². The lowest BCUT2D eigenvalue weighted by atomic mass is 9.94. The van der Waals surface area contributed by atoms with Crippen molar-refractivity contribution in [1.29, 1.82) is 0 Å². The summed E-state index contributed by atoms with van der Waals surface area (Å²) in [7, 11) is 3.17. The van der Waals surface area contributed by atoms with E-state index < -0.39 is 6.04 Å². The van der Waals surface area contributed by atoms with Crippen LogP contribution in [0.2, 0.25) is 0 Å². The minimum absolute atomic E-state index is 0.254. The van der Waals surface area contributed by atoms with Crippen molar-refractivity contribution >= 4 is 28.9 Å². The number of anilines is 1. The quantitative estimate of drug-likeness (QED) is 0.689. The van der Waals surface area contributed by atoms with Gasteiger partial charge in [0.25, 0.3) is 5.91 Å². The van der Waals surface area contributed by atoms with Crippen molar-refractivity contribution < 1.29 is 14.3 Å². The number of hydrogen-bond donors (Lipinski definition) is 3. The van der Waals surface area contributed by atoms with Crippen LogP contribution in [-0.2, 0) is 4.79 Å². The molecule has 3 N–H and O–H groups in total. The lowest BCUT2D eigenvalue weighted by Crippen LogP contribution is -2.45. The molecule has 0 aromatic heterocycles. The van der Waals surface area contributed by atoms with Crippen LogP contribution in [0.3, 0.4) is 0 Å². The van der Waals surface area contributed by atoms with E-state index in [2.05, 4.69) is 16.0 Å². The number of nitrogens with one attached hydrogen (secondary N) is 3. The van der Waals surface area contributed by atoms with Crippen molar-refractivity contribution in [1.82, 2.24) is 10.6 Å². The molecule has 1 aliphatic heterocycles. The van der Waals surface area contributed by atoms with E-state index in [0.29, 0.717) is 33.6 Å². The van der Waals surface area contributed by atoms with Crippen LogP contribution in [0.4, 0.5) is 5.69 Å². The zero-order valence-electron chi connectivity index (χ0n) is 15.3. The number of para-hydroxylation sites is 3. The van der Waals surface area contributed by atoms with Gasteiger partial charge in [0.05, 0.1) is 31.5 Å². The van der Waals surface area contributed by atoms with Gasteiger partial charge in [-0.15, -0.1) is 0 Å². The summed E-state index contributed by atoms with van der Waals surface area (Å²) >= 11 is 5.30. The number of ether oxygens (including phenoxy) is 2. The number of amides is 1. The van der Waals surface area contributed by atoms with E-state index in [1.165, 1.54) is 0 Å². The molecule has 1 heterocycles. The fourth-order valence-corrected chi connectivity index (χ4v) is 3.34. The van der Waals surface area contributed by atoms with Gasteiger partial charge in [0.2, 0.25) is 0 Å². The molecule has 2 aromatic carbocycles. The molecule has 27 heavy (non-hydrogen) atoms. The predicted octanol–water partition coefficient (Wildman–Crippen LogP) is 3.14. The Balaban J connectivity index is 2.00. The average molecular weight is 383 g/mol. The zero-order chi connectivity index (χ0) is 19.4. The summed E-state index contributed by atoms with van der Waals surface area (Å²) in [5.41, 5.74) is 2.63. The van der Waals surface area contributed by atoms with Gasteiger partial charge in [-0.05, 0) is 37.3 Å². The normalized spacial score (nSPS) is 16.3. The standard InChI is InChI=1S/C20H21N3O3S/c1-12-17(19(24)22-14-9-5-7-11-16(14)26-3)18(23-20(27)21-12)13-8-4-6-10-15(13)25-2/h4-11,18H,1-3H3,(H,22,24)(H2,21,23,27)/t18-/m0/s1. The Bertz CT molecular complexity index is 911. The van der Waals surface area contributed by atoms with E-state index in [1.54, 1.807) is 26.4 Å². The SMILES string of the molecule is COc1ccccc1NC(=O)C1=C(C)NC(=S)N[C@H]1c1ccccc1OC. The molecule has 7 heteroatoms. The van der Waals surface area contributed by atoms with Gasteiger partial charge in [-0.25, -0.2) is 0 Å². The fraction of sp³-hybridized carbons (Fsp3) is 0.200. The lowest BCUT2D eigenvalue weighted by molar-refractivity contribution is -0.113. The molecule has 3 rings (SSSR count). The largest absolute Gasteiger partial charge is 0.496 e. The molecule has 0 radical (unpaired) electrons. The second kappa shape index (κ2) is 8.09. The molecule has 2 aromatic rings. The maximum atomic E-state index is 13.1. The predicted molar refractivity (Wildman–Crippen MR) is 109 cm³/mol. The minimum Gasteiger partial charge on any atom is -0.496 e. The number of allylic oxidation sites excluding steroid dienone is 1. The maximum absolute atomic E-state index is 13.1. The molecule has 0 saturated heterocycles. The summed E-state index contributed by atoms with van der Waals surface area (Å²) in [5, 5.41) is 9.59. The first-order valence-corrected chi connectivity index (χ1v) is 8.81. The van der Waals surface area contributed by atoms with Crippen molar-refractivity contribution in [2.75, 3.05) is 19.5 Å². The number of carbonyl (C=O) groups excluding carboxylic acids is 1. The summed E-state index contributed by atoms with van der Waals surface area (Å²) in [5.74, 6) is 1.01. The van der Waals surface area contributed by atoms with E-state index >= 15 is 0 Å². The molecule has 1 aliphatic rings. The van der Waals surface area contributed by atoms with Crippen molar-refractivity contribution in [2.24, 2.45) is 0 Å². The van der Waals surface area contributed by atoms with Gasteiger partial charge in [0, 0.05) is 11.3 Å². The molecule has 0 saturated carbocycles. The summed E-state index contributed by atoms with van der Waals surface area (Å²) in [6, 6.07) is 14.4. The molecule has 6 nitrogen and oxygen atoms in total. The Kier molecular flexibility index (Phi) is 5.61. The number of carbonyl (C=O) groups is 1. The van der Waals surface area contributed by atoms with Gasteiger partial charge in [-0.3, -0.25) is 4.79 Å². The summed E-state index contributed by atoms with van der Waals surface area (Å²) in [4.78, 5) is 13.1. The van der Waals surface area contributed by atoms with Gasteiger partial charge in [-0.1, -0.05) is 30.3 Å². The summed E-state index contributed by atoms with van der Waals surface area (Å²) in [6.07, 6.45) is 0. The number of rotatable bonds is 5. The number of benzene rings is 2. The molecule has 1 amide bonds. The van der Waals surface area contributed by atoms with Crippen LogP contribution in [0, 0.1) is 0 Å². The van der Waals surface area contributed by atoms with Crippen LogP contribution in [-0.4, -0.2) is 25.2 Å². The minimum atomic E-state index is -0.440. The molecular weight excluding hydrogens is 362 g/mol. The van der Waals surface area contributed by atoms with E-state index in [1.807, 2.05) is 43.3 Å². The lowest BCUT2D eigenvalue weighted by Gasteiger charge is -2.31. The third-order valence-electron chi connectivity index (χ3n) is 4.32. The monoisotopic (exact) mass is 383 g/mol. The molecule has 140 valence electrons. The van der Waals surface area contributed by atoms with E-state index in [9.17, 15) is 4.79 Å². The second-order valence-corrected chi connectivity index (χ2v) is 6.37. The Morgan fingerprint density at radius 3 is 2.37 bits per heavy atom. The number of methoxy groups -OCH3 is 2. The fourth-order valence-electron chi connectivity index (χ4n) is 3.07. The highest BCUT2D eigenvalue weighted by Gasteiger charge is 2.31. The highest BCUT2D eigenvalue weighted by molar-refractivity contribution is 7.80. The van der Waals surface area contributed by atoms with Crippen LogP contribution in [0.5, 0.6) is 11.5 Å². The Morgan fingerprint density at radius 1 is 1.04 bits per heavy atom. The van der Waals surface area contributed by atoms with Gasteiger partial charge >= 0.3 is 0 Å². The first-order valence-electron chi connectivity index (χ1n) is 8.40. The summed E-state index contributed by atoms with van der Waals surface area (Å²) in [6.45, 7) is 1.83.